The van der Waals surface area contributed by atoms with Crippen molar-refractivity contribution in [3.05, 3.63) is 71.3 Å². The molecule has 4 nitrogen and oxygen atoms in total. The van der Waals surface area contributed by atoms with Gasteiger partial charge in [0.15, 0.2) is 6.10 Å². The van der Waals surface area contributed by atoms with Crippen LogP contribution >= 0.6 is 12.4 Å². The highest BCUT2D eigenvalue weighted by Gasteiger charge is 2.32. The van der Waals surface area contributed by atoms with Gasteiger partial charge in [0.1, 0.15) is 0 Å². The quantitative estimate of drug-likeness (QED) is 0.904. The highest BCUT2D eigenvalue weighted by atomic mass is 35.5. The third-order valence-electron chi connectivity index (χ3n) is 4.19. The summed E-state index contributed by atoms with van der Waals surface area (Å²) in [4.78, 5) is 12.5. The van der Waals surface area contributed by atoms with E-state index in [9.17, 15) is 4.79 Å². The fourth-order valence-corrected chi connectivity index (χ4v) is 3.05. The molecule has 0 bridgehead atoms. The summed E-state index contributed by atoms with van der Waals surface area (Å²) < 4.78 is 5.37. The average Bonchev–Trinajstić information content (AvgIpc) is 2.86. The van der Waals surface area contributed by atoms with Gasteiger partial charge in [0.2, 0.25) is 0 Å². The third kappa shape index (κ3) is 3.55. The topological polar surface area (TPSA) is 64.3 Å². The minimum Gasteiger partial charge on any atom is -0.367 e. The molecule has 5 heteroatoms. The van der Waals surface area contributed by atoms with Crippen molar-refractivity contribution in [2.45, 2.75) is 24.6 Å². The van der Waals surface area contributed by atoms with Crippen molar-refractivity contribution in [1.29, 1.82) is 0 Å². The molecule has 0 radical (unpaired) electrons. The van der Waals surface area contributed by atoms with Gasteiger partial charge in [-0.05, 0) is 23.1 Å². The molecule has 0 unspecified atom stereocenters. The van der Waals surface area contributed by atoms with Gasteiger partial charge in [-0.25, -0.2) is 0 Å². The number of nitrogens with two attached hydrogens (primary N) is 1. The van der Waals surface area contributed by atoms with Gasteiger partial charge in [-0.15, -0.1) is 12.4 Å². The largest absolute Gasteiger partial charge is 0.367 e. The van der Waals surface area contributed by atoms with Crippen molar-refractivity contribution >= 4 is 18.3 Å². The first-order valence-corrected chi connectivity index (χ1v) is 7.42. The molecule has 0 saturated heterocycles. The molecule has 0 aliphatic heterocycles. The molecular formula is C18H21ClN2O2. The van der Waals surface area contributed by atoms with Gasteiger partial charge in [0.25, 0.3) is 5.91 Å². The smallest absolute Gasteiger partial charge is 0.254 e. The first-order chi connectivity index (χ1) is 10.7. The summed E-state index contributed by atoms with van der Waals surface area (Å²) in [5, 5.41) is 3.04. The lowest BCUT2D eigenvalue weighted by molar-refractivity contribution is -0.132. The van der Waals surface area contributed by atoms with E-state index in [1.54, 1.807) is 7.11 Å². The van der Waals surface area contributed by atoms with Crippen LogP contribution in [0.2, 0.25) is 0 Å². The summed E-state index contributed by atoms with van der Waals surface area (Å²) in [5.41, 5.74) is 9.42. The van der Waals surface area contributed by atoms with Gasteiger partial charge in [0, 0.05) is 7.11 Å². The Morgan fingerprint density at radius 1 is 1.17 bits per heavy atom. The van der Waals surface area contributed by atoms with Crippen LogP contribution in [0, 0.1) is 0 Å². The second kappa shape index (κ2) is 7.59. The van der Waals surface area contributed by atoms with E-state index in [1.165, 1.54) is 5.56 Å². The zero-order valence-electron chi connectivity index (χ0n) is 12.9. The van der Waals surface area contributed by atoms with Crippen molar-refractivity contribution < 1.29 is 9.53 Å². The van der Waals surface area contributed by atoms with Gasteiger partial charge in [0.05, 0.1) is 12.1 Å². The normalized spacial score (nSPS) is 20.3. The zero-order valence-corrected chi connectivity index (χ0v) is 13.8. The number of carbonyl (C=O) groups is 1. The second-order valence-corrected chi connectivity index (χ2v) is 5.57. The Morgan fingerprint density at radius 2 is 1.83 bits per heavy atom. The number of amides is 1. The minimum absolute atomic E-state index is 0. The van der Waals surface area contributed by atoms with Crippen molar-refractivity contribution in [3.8, 4) is 0 Å². The van der Waals surface area contributed by atoms with Crippen LogP contribution in [0.3, 0.4) is 0 Å². The third-order valence-corrected chi connectivity index (χ3v) is 4.19. The fraction of sp³-hybridized carbons (Fsp3) is 0.278. The first-order valence-electron chi connectivity index (χ1n) is 7.42. The Kier molecular flexibility index (Phi) is 5.77. The lowest BCUT2D eigenvalue weighted by Gasteiger charge is -2.22. The van der Waals surface area contributed by atoms with Crippen LogP contribution in [0.4, 0.5) is 0 Å². The van der Waals surface area contributed by atoms with Crippen LogP contribution in [0.25, 0.3) is 0 Å². The summed E-state index contributed by atoms with van der Waals surface area (Å²) >= 11 is 0. The Labute approximate surface area is 142 Å². The molecule has 0 heterocycles. The van der Waals surface area contributed by atoms with E-state index >= 15 is 0 Å². The van der Waals surface area contributed by atoms with Gasteiger partial charge < -0.3 is 15.8 Å². The van der Waals surface area contributed by atoms with Gasteiger partial charge in [-0.1, -0.05) is 54.6 Å². The van der Waals surface area contributed by atoms with E-state index in [0.29, 0.717) is 0 Å². The molecule has 0 fully saturated rings. The molecule has 23 heavy (non-hydrogen) atoms. The predicted octanol–water partition coefficient (Wildman–Crippen LogP) is 2.54. The zero-order chi connectivity index (χ0) is 15.5. The highest BCUT2D eigenvalue weighted by Crippen LogP contribution is 2.30. The van der Waals surface area contributed by atoms with Gasteiger partial charge in [-0.3, -0.25) is 4.79 Å². The average molecular weight is 333 g/mol. The van der Waals surface area contributed by atoms with E-state index in [-0.39, 0.29) is 30.4 Å². The number of methoxy groups -OCH3 is 1. The molecule has 1 aliphatic rings. The molecule has 122 valence electrons. The lowest BCUT2D eigenvalue weighted by Crippen LogP contribution is -2.43. The number of hydrogen-bond acceptors (Lipinski definition) is 3. The fourth-order valence-electron chi connectivity index (χ4n) is 3.05. The summed E-state index contributed by atoms with van der Waals surface area (Å²) in [7, 11) is 1.54. The summed E-state index contributed by atoms with van der Waals surface area (Å²) in [6, 6.07) is 17.3. The van der Waals surface area contributed by atoms with Gasteiger partial charge >= 0.3 is 0 Å². The van der Waals surface area contributed by atoms with Crippen molar-refractivity contribution in [2.24, 2.45) is 5.73 Å². The van der Waals surface area contributed by atoms with Crippen molar-refractivity contribution in [3.63, 3.8) is 0 Å². The van der Waals surface area contributed by atoms with Crippen LogP contribution in [-0.4, -0.2) is 19.1 Å². The van der Waals surface area contributed by atoms with Crippen LogP contribution in [-0.2, 0) is 16.0 Å². The standard InChI is InChI=1S/C18H20N2O2.ClH/c1-22-17(12-7-3-2-4-8-12)18(21)20-15-11-13-9-5-6-10-14(13)16(15)19;/h2-10,15-17H,11,19H2,1H3,(H,20,21);1H/t15-,16-,17-;/m0./s1. The van der Waals surface area contributed by atoms with E-state index in [2.05, 4.69) is 11.4 Å². The molecule has 1 aliphatic carbocycles. The number of hydrogen-bond donors (Lipinski definition) is 2. The molecule has 3 N–H and O–H groups in total. The molecule has 3 atom stereocenters. The number of benzene rings is 2. The predicted molar refractivity (Wildman–Crippen MR) is 92.4 cm³/mol. The Balaban J connectivity index is 0.00000192. The van der Waals surface area contributed by atoms with E-state index < -0.39 is 6.10 Å². The maximum atomic E-state index is 12.5. The Morgan fingerprint density at radius 3 is 2.48 bits per heavy atom. The van der Waals surface area contributed by atoms with Crippen LogP contribution in [0.15, 0.2) is 54.6 Å². The summed E-state index contributed by atoms with van der Waals surface area (Å²) in [6.07, 6.45) is 0.144. The summed E-state index contributed by atoms with van der Waals surface area (Å²) in [6.45, 7) is 0. The van der Waals surface area contributed by atoms with E-state index in [4.69, 9.17) is 10.5 Å². The minimum atomic E-state index is -0.614. The van der Waals surface area contributed by atoms with E-state index in [1.807, 2.05) is 48.5 Å². The van der Waals surface area contributed by atoms with E-state index in [0.717, 1.165) is 17.5 Å². The number of fused-ring (bicyclic) bond motifs is 1. The molecule has 2 aromatic carbocycles. The maximum Gasteiger partial charge on any atom is 0.254 e. The van der Waals surface area contributed by atoms with Gasteiger partial charge in [-0.2, -0.15) is 0 Å². The molecule has 0 spiro atoms. The SMILES string of the molecule is CO[C@H](C(=O)N[C@H]1Cc2ccccc2[C@@H]1N)c1ccccc1.Cl. The highest BCUT2D eigenvalue weighted by molar-refractivity contribution is 5.85. The molecular weight excluding hydrogens is 312 g/mol. The maximum absolute atomic E-state index is 12.5. The molecule has 0 aromatic heterocycles. The first kappa shape index (κ1) is 17.5. The monoisotopic (exact) mass is 332 g/mol. The van der Waals surface area contributed by atoms with Crippen molar-refractivity contribution in [2.75, 3.05) is 7.11 Å². The lowest BCUT2D eigenvalue weighted by atomic mass is 10.1. The molecule has 3 rings (SSSR count). The number of ether oxygens (including phenoxy) is 1. The number of nitrogens with one attached hydrogen (secondary N) is 1. The number of halogens is 1. The summed E-state index contributed by atoms with van der Waals surface area (Å²) in [5.74, 6) is -0.151. The number of rotatable bonds is 4. The molecule has 2 aromatic rings. The molecule has 0 saturated carbocycles. The van der Waals surface area contributed by atoms with Crippen molar-refractivity contribution in [1.82, 2.24) is 5.32 Å². The second-order valence-electron chi connectivity index (χ2n) is 5.57. The van der Waals surface area contributed by atoms with Crippen LogP contribution in [0.1, 0.15) is 28.8 Å². The van der Waals surface area contributed by atoms with Crippen LogP contribution in [0.5, 0.6) is 0 Å². The Bertz CT molecular complexity index is 663. The Hall–Kier alpha value is -1.88. The van der Waals surface area contributed by atoms with Crippen LogP contribution < -0.4 is 11.1 Å². The molecule has 1 amide bonds. The number of carbonyl (C=O) groups excluding carboxylic acids is 1.